The van der Waals surface area contributed by atoms with E-state index >= 15 is 0 Å². The van der Waals surface area contributed by atoms with Gasteiger partial charge in [-0.15, -0.1) is 0 Å². The molecule has 130 valence electrons. The van der Waals surface area contributed by atoms with Crippen LogP contribution in [0.2, 0.25) is 0 Å². The lowest BCUT2D eigenvalue weighted by atomic mass is 10.0. The quantitative estimate of drug-likeness (QED) is 0.492. The topological polar surface area (TPSA) is 79.6 Å². The molecule has 0 bridgehead atoms. The highest BCUT2D eigenvalue weighted by Gasteiger charge is 2.22. The maximum Gasteiger partial charge on any atom is 0.184 e. The standard InChI is InChI=1S/C19H16FN5S/c20-13-4-2-1-3-12(13)17-16(18(21)25-24-17)10-5-8-14-15(9-10)26-19(23-14)22-11-6-7-11/h1-5,8-9,11H,6-7H2,(H,22,23)(H3,21,24,25). The van der Waals surface area contributed by atoms with E-state index in [9.17, 15) is 4.39 Å². The molecule has 4 N–H and O–H groups in total. The average molecular weight is 365 g/mol. The first-order chi connectivity index (χ1) is 12.7. The predicted octanol–water partition coefficient (Wildman–Crippen LogP) is 4.65. The molecule has 5 nitrogen and oxygen atoms in total. The molecular weight excluding hydrogens is 349 g/mol. The SMILES string of the molecule is Nc1n[nH]c(-c2ccccc2F)c1-c1ccc2nc(NC3CC3)sc2c1. The summed E-state index contributed by atoms with van der Waals surface area (Å²) in [6.45, 7) is 0. The molecule has 0 aliphatic heterocycles. The van der Waals surface area contributed by atoms with E-state index in [0.717, 1.165) is 20.9 Å². The van der Waals surface area contributed by atoms with E-state index in [1.54, 1.807) is 29.5 Å². The van der Waals surface area contributed by atoms with Gasteiger partial charge in [-0.25, -0.2) is 9.37 Å². The van der Waals surface area contributed by atoms with Gasteiger partial charge in [0.05, 0.1) is 21.5 Å². The Labute approximate surface area is 153 Å². The van der Waals surface area contributed by atoms with E-state index in [1.165, 1.54) is 18.9 Å². The average Bonchev–Trinajstić information content (AvgIpc) is 3.22. The lowest BCUT2D eigenvalue weighted by Gasteiger charge is -2.06. The van der Waals surface area contributed by atoms with E-state index in [4.69, 9.17) is 5.73 Å². The first kappa shape index (κ1) is 15.3. The Bertz CT molecular complexity index is 1110. The van der Waals surface area contributed by atoms with Gasteiger partial charge in [-0.1, -0.05) is 29.5 Å². The molecule has 2 heterocycles. The van der Waals surface area contributed by atoms with Crippen molar-refractivity contribution in [1.29, 1.82) is 0 Å². The number of aromatic nitrogens is 3. The number of nitrogens with one attached hydrogen (secondary N) is 2. The van der Waals surface area contributed by atoms with Crippen LogP contribution in [0.3, 0.4) is 0 Å². The molecule has 0 atom stereocenters. The maximum absolute atomic E-state index is 14.3. The third-order valence-electron chi connectivity index (χ3n) is 4.52. The van der Waals surface area contributed by atoms with Gasteiger partial charge < -0.3 is 11.1 Å². The van der Waals surface area contributed by atoms with Crippen LogP contribution in [0.5, 0.6) is 0 Å². The van der Waals surface area contributed by atoms with Crippen molar-refractivity contribution < 1.29 is 4.39 Å². The van der Waals surface area contributed by atoms with Crippen molar-refractivity contribution in [1.82, 2.24) is 15.2 Å². The molecule has 0 amide bonds. The largest absolute Gasteiger partial charge is 0.382 e. The normalized spacial score (nSPS) is 14.0. The second-order valence-electron chi connectivity index (χ2n) is 6.46. The van der Waals surface area contributed by atoms with E-state index < -0.39 is 0 Å². The van der Waals surface area contributed by atoms with Crippen molar-refractivity contribution >= 4 is 32.5 Å². The van der Waals surface area contributed by atoms with E-state index in [-0.39, 0.29) is 5.82 Å². The number of fused-ring (bicyclic) bond motifs is 1. The fraction of sp³-hybridized carbons (Fsp3) is 0.158. The van der Waals surface area contributed by atoms with Crippen LogP contribution in [0.4, 0.5) is 15.3 Å². The minimum atomic E-state index is -0.313. The smallest absolute Gasteiger partial charge is 0.184 e. The van der Waals surface area contributed by atoms with Gasteiger partial charge in [-0.3, -0.25) is 5.10 Å². The summed E-state index contributed by atoms with van der Waals surface area (Å²) in [6, 6.07) is 13.1. The maximum atomic E-state index is 14.3. The number of rotatable bonds is 4. The molecular formula is C19H16FN5S. The van der Waals surface area contributed by atoms with Crippen molar-refractivity contribution in [2.45, 2.75) is 18.9 Å². The van der Waals surface area contributed by atoms with Crippen molar-refractivity contribution in [3.05, 3.63) is 48.3 Å². The molecule has 2 aromatic carbocycles. The second kappa shape index (κ2) is 5.81. The van der Waals surface area contributed by atoms with Crippen molar-refractivity contribution in [3.8, 4) is 22.4 Å². The summed E-state index contributed by atoms with van der Waals surface area (Å²) in [5, 5.41) is 11.4. The molecule has 2 aromatic heterocycles. The van der Waals surface area contributed by atoms with Gasteiger partial charge in [0.15, 0.2) is 10.9 Å². The van der Waals surface area contributed by atoms with Crippen LogP contribution in [0.1, 0.15) is 12.8 Å². The third kappa shape index (κ3) is 2.61. The van der Waals surface area contributed by atoms with Crippen LogP contribution >= 0.6 is 11.3 Å². The van der Waals surface area contributed by atoms with Crippen molar-refractivity contribution in [2.24, 2.45) is 0 Å². The molecule has 1 aliphatic carbocycles. The highest BCUT2D eigenvalue weighted by molar-refractivity contribution is 7.22. The number of aromatic amines is 1. The summed E-state index contributed by atoms with van der Waals surface area (Å²) in [5.74, 6) is 0.0376. The Morgan fingerprint density at radius 2 is 2.04 bits per heavy atom. The second-order valence-corrected chi connectivity index (χ2v) is 7.49. The predicted molar refractivity (Wildman–Crippen MR) is 104 cm³/mol. The van der Waals surface area contributed by atoms with Crippen LogP contribution in [0.15, 0.2) is 42.5 Å². The highest BCUT2D eigenvalue weighted by Crippen LogP contribution is 2.38. The number of nitrogens with two attached hydrogens (primary N) is 1. The van der Waals surface area contributed by atoms with E-state index in [2.05, 4.69) is 20.5 Å². The van der Waals surface area contributed by atoms with Crippen LogP contribution in [0.25, 0.3) is 32.6 Å². The van der Waals surface area contributed by atoms with Crippen LogP contribution < -0.4 is 11.1 Å². The zero-order valence-electron chi connectivity index (χ0n) is 13.8. The Balaban J connectivity index is 1.61. The number of nitrogens with zero attached hydrogens (tertiary/aromatic N) is 2. The van der Waals surface area contributed by atoms with E-state index in [1.807, 2.05) is 18.2 Å². The molecule has 4 aromatic rings. The minimum absolute atomic E-state index is 0.313. The number of H-pyrrole nitrogens is 1. The molecule has 1 fully saturated rings. The first-order valence-corrected chi connectivity index (χ1v) is 9.27. The Morgan fingerprint density at radius 1 is 1.19 bits per heavy atom. The molecule has 1 aliphatic rings. The number of nitrogen functional groups attached to an aromatic ring is 1. The molecule has 0 unspecified atom stereocenters. The number of anilines is 2. The van der Waals surface area contributed by atoms with Gasteiger partial charge >= 0.3 is 0 Å². The van der Waals surface area contributed by atoms with Crippen molar-refractivity contribution in [2.75, 3.05) is 11.1 Å². The van der Waals surface area contributed by atoms with Gasteiger partial charge in [0, 0.05) is 11.6 Å². The highest BCUT2D eigenvalue weighted by atomic mass is 32.1. The Morgan fingerprint density at radius 3 is 2.85 bits per heavy atom. The summed E-state index contributed by atoms with van der Waals surface area (Å²) in [4.78, 5) is 4.63. The number of halogens is 1. The zero-order valence-corrected chi connectivity index (χ0v) is 14.6. The lowest BCUT2D eigenvalue weighted by Crippen LogP contribution is -1.99. The fourth-order valence-corrected chi connectivity index (χ4v) is 4.03. The fourth-order valence-electron chi connectivity index (χ4n) is 3.05. The van der Waals surface area contributed by atoms with Gasteiger partial charge in [-0.05, 0) is 42.7 Å². The number of hydrogen-bond donors (Lipinski definition) is 3. The molecule has 26 heavy (non-hydrogen) atoms. The van der Waals surface area contributed by atoms with Crippen LogP contribution in [0, 0.1) is 5.82 Å². The monoisotopic (exact) mass is 365 g/mol. The van der Waals surface area contributed by atoms with E-state index in [0.29, 0.717) is 28.7 Å². The molecule has 0 radical (unpaired) electrons. The summed E-state index contributed by atoms with van der Waals surface area (Å²) in [7, 11) is 0. The Kier molecular flexibility index (Phi) is 3.43. The molecule has 1 saturated carbocycles. The molecule has 0 saturated heterocycles. The Hall–Kier alpha value is -2.93. The molecule has 0 spiro atoms. The summed E-state index contributed by atoms with van der Waals surface area (Å²) in [6.07, 6.45) is 2.41. The van der Waals surface area contributed by atoms with Gasteiger partial charge in [-0.2, -0.15) is 5.10 Å². The van der Waals surface area contributed by atoms with Crippen LogP contribution in [-0.4, -0.2) is 21.2 Å². The third-order valence-corrected chi connectivity index (χ3v) is 5.47. The lowest BCUT2D eigenvalue weighted by molar-refractivity contribution is 0.630. The van der Waals surface area contributed by atoms with Gasteiger partial charge in [0.1, 0.15) is 5.82 Å². The molecule has 7 heteroatoms. The van der Waals surface area contributed by atoms with Crippen molar-refractivity contribution in [3.63, 3.8) is 0 Å². The molecule has 5 rings (SSSR count). The van der Waals surface area contributed by atoms with Gasteiger partial charge in [0.25, 0.3) is 0 Å². The van der Waals surface area contributed by atoms with Crippen LogP contribution in [-0.2, 0) is 0 Å². The number of thiazole rings is 1. The number of benzene rings is 2. The van der Waals surface area contributed by atoms with Gasteiger partial charge in [0.2, 0.25) is 0 Å². The first-order valence-electron chi connectivity index (χ1n) is 8.45. The zero-order chi connectivity index (χ0) is 17.7. The summed E-state index contributed by atoms with van der Waals surface area (Å²) >= 11 is 1.62. The minimum Gasteiger partial charge on any atom is -0.382 e. The number of hydrogen-bond acceptors (Lipinski definition) is 5. The summed E-state index contributed by atoms with van der Waals surface area (Å²) < 4.78 is 15.3. The summed E-state index contributed by atoms with van der Waals surface area (Å²) in [5.41, 5.74) is 9.67.